The van der Waals surface area contributed by atoms with Gasteiger partial charge in [0.15, 0.2) is 5.13 Å². The molecule has 1 N–H and O–H groups in total. The standard InChI is InChI=1S/C20H25FN4OS/c1-14-2-7-17-18(12-14)27-20(22-17)23-19(26)13-24-8-10-25(11-9-24)16-5-3-15(21)4-6-16/h3-6,14H,2,7-13H2,1H3,(H,22,23,26)/t14-/m1/s1. The predicted molar refractivity (Wildman–Crippen MR) is 107 cm³/mol. The second-order valence-corrected chi connectivity index (χ2v) is 8.61. The van der Waals surface area contributed by atoms with Crippen LogP contribution in [0.15, 0.2) is 24.3 Å². The van der Waals surface area contributed by atoms with Crippen LogP contribution in [0.4, 0.5) is 15.2 Å². The Hall–Kier alpha value is -1.99. The highest BCUT2D eigenvalue weighted by molar-refractivity contribution is 7.15. The molecule has 1 aliphatic carbocycles. The maximum atomic E-state index is 13.1. The molecule has 0 unspecified atom stereocenters. The van der Waals surface area contributed by atoms with Crippen molar-refractivity contribution in [1.29, 1.82) is 0 Å². The molecule has 1 saturated heterocycles. The average molecular weight is 389 g/mol. The van der Waals surface area contributed by atoms with E-state index in [4.69, 9.17) is 0 Å². The second-order valence-electron chi connectivity index (χ2n) is 7.52. The summed E-state index contributed by atoms with van der Waals surface area (Å²) in [6, 6.07) is 6.60. The van der Waals surface area contributed by atoms with Gasteiger partial charge in [-0.3, -0.25) is 9.69 Å². The smallest absolute Gasteiger partial charge is 0.240 e. The lowest BCUT2D eigenvalue weighted by molar-refractivity contribution is -0.117. The number of rotatable bonds is 4. The molecule has 1 atom stereocenters. The van der Waals surface area contributed by atoms with Gasteiger partial charge in [0.2, 0.25) is 5.91 Å². The van der Waals surface area contributed by atoms with E-state index >= 15 is 0 Å². The number of benzene rings is 1. The first kappa shape index (κ1) is 18.4. The van der Waals surface area contributed by atoms with Gasteiger partial charge in [-0.15, -0.1) is 11.3 Å². The van der Waals surface area contributed by atoms with Crippen molar-refractivity contribution in [2.75, 3.05) is 42.9 Å². The number of anilines is 2. The number of carbonyl (C=O) groups excluding carboxylic acids is 1. The zero-order chi connectivity index (χ0) is 18.8. The minimum absolute atomic E-state index is 0.00405. The maximum absolute atomic E-state index is 13.1. The van der Waals surface area contributed by atoms with E-state index in [1.54, 1.807) is 11.3 Å². The SMILES string of the molecule is C[C@@H]1CCc2nc(NC(=O)CN3CCN(c4ccc(F)cc4)CC3)sc2C1. The highest BCUT2D eigenvalue weighted by Gasteiger charge is 2.22. The van der Waals surface area contributed by atoms with Gasteiger partial charge in [0.25, 0.3) is 0 Å². The lowest BCUT2D eigenvalue weighted by atomic mass is 9.93. The van der Waals surface area contributed by atoms with Gasteiger partial charge in [0.1, 0.15) is 5.82 Å². The molecule has 1 aromatic heterocycles. The van der Waals surface area contributed by atoms with Crippen molar-refractivity contribution in [3.63, 3.8) is 0 Å². The van der Waals surface area contributed by atoms with Crippen LogP contribution in [-0.4, -0.2) is 48.5 Å². The molecule has 2 aliphatic rings. The first-order chi connectivity index (χ1) is 13.1. The topological polar surface area (TPSA) is 48.5 Å². The zero-order valence-electron chi connectivity index (χ0n) is 15.6. The molecule has 7 heteroatoms. The van der Waals surface area contributed by atoms with Gasteiger partial charge in [-0.1, -0.05) is 6.92 Å². The highest BCUT2D eigenvalue weighted by Crippen LogP contribution is 2.32. The van der Waals surface area contributed by atoms with Gasteiger partial charge in [-0.2, -0.15) is 0 Å². The third kappa shape index (κ3) is 4.47. The average Bonchev–Trinajstić information content (AvgIpc) is 3.04. The Bertz CT molecular complexity index is 799. The number of thiazole rings is 1. The molecule has 1 amide bonds. The summed E-state index contributed by atoms with van der Waals surface area (Å²) in [5.74, 6) is 0.496. The number of carbonyl (C=O) groups is 1. The van der Waals surface area contributed by atoms with Crippen LogP contribution in [0.5, 0.6) is 0 Å². The van der Waals surface area contributed by atoms with E-state index in [2.05, 4.69) is 27.0 Å². The Kier molecular flexibility index (Phi) is 5.41. The number of aryl methyl sites for hydroxylation is 1. The minimum atomic E-state index is -0.215. The van der Waals surface area contributed by atoms with Crippen molar-refractivity contribution in [2.45, 2.75) is 26.2 Å². The maximum Gasteiger partial charge on any atom is 0.240 e. The fourth-order valence-corrected chi connectivity index (χ4v) is 4.96. The molecular weight excluding hydrogens is 363 g/mol. The van der Waals surface area contributed by atoms with E-state index < -0.39 is 0 Å². The van der Waals surface area contributed by atoms with Gasteiger partial charge in [-0.25, -0.2) is 9.37 Å². The van der Waals surface area contributed by atoms with Gasteiger partial charge >= 0.3 is 0 Å². The molecular formula is C20H25FN4OS. The fourth-order valence-electron chi connectivity index (χ4n) is 3.77. The van der Waals surface area contributed by atoms with Crippen molar-refractivity contribution in [3.8, 4) is 0 Å². The predicted octanol–water partition coefficient (Wildman–Crippen LogP) is 3.17. The lowest BCUT2D eigenvalue weighted by Crippen LogP contribution is -2.48. The van der Waals surface area contributed by atoms with Crippen LogP contribution in [0.1, 0.15) is 23.9 Å². The molecule has 2 heterocycles. The van der Waals surface area contributed by atoms with Crippen molar-refractivity contribution in [1.82, 2.24) is 9.88 Å². The highest BCUT2D eigenvalue weighted by atomic mass is 32.1. The number of piperazine rings is 1. The first-order valence-electron chi connectivity index (χ1n) is 9.58. The number of nitrogens with one attached hydrogen (secondary N) is 1. The zero-order valence-corrected chi connectivity index (χ0v) is 16.4. The molecule has 4 rings (SSSR count). The molecule has 27 heavy (non-hydrogen) atoms. The van der Waals surface area contributed by atoms with Crippen LogP contribution in [-0.2, 0) is 17.6 Å². The number of halogens is 1. The molecule has 0 spiro atoms. The second kappa shape index (κ2) is 7.94. The minimum Gasteiger partial charge on any atom is -0.369 e. The number of nitrogens with zero attached hydrogens (tertiary/aromatic N) is 3. The van der Waals surface area contributed by atoms with Gasteiger partial charge in [0, 0.05) is 36.7 Å². The molecule has 5 nitrogen and oxygen atoms in total. The number of aromatic nitrogens is 1. The summed E-state index contributed by atoms with van der Waals surface area (Å²) in [5.41, 5.74) is 2.20. The first-order valence-corrected chi connectivity index (χ1v) is 10.4. The van der Waals surface area contributed by atoms with Crippen LogP contribution in [0.3, 0.4) is 0 Å². The quantitative estimate of drug-likeness (QED) is 0.874. The van der Waals surface area contributed by atoms with Crippen LogP contribution in [0, 0.1) is 11.7 Å². The number of hydrogen-bond acceptors (Lipinski definition) is 5. The summed E-state index contributed by atoms with van der Waals surface area (Å²) in [7, 11) is 0. The molecule has 0 radical (unpaired) electrons. The monoisotopic (exact) mass is 388 g/mol. The summed E-state index contributed by atoms with van der Waals surface area (Å²) in [4.78, 5) is 22.7. The fraction of sp³-hybridized carbons (Fsp3) is 0.500. The molecule has 1 aromatic carbocycles. The van der Waals surface area contributed by atoms with E-state index in [0.29, 0.717) is 12.5 Å². The van der Waals surface area contributed by atoms with E-state index in [0.717, 1.165) is 49.8 Å². The van der Waals surface area contributed by atoms with Crippen LogP contribution >= 0.6 is 11.3 Å². The van der Waals surface area contributed by atoms with Crippen molar-refractivity contribution >= 4 is 28.1 Å². The van der Waals surface area contributed by atoms with Crippen LogP contribution < -0.4 is 10.2 Å². The molecule has 0 saturated carbocycles. The van der Waals surface area contributed by atoms with Gasteiger partial charge in [-0.05, 0) is 49.4 Å². The Labute approximate surface area is 163 Å². The van der Waals surface area contributed by atoms with E-state index in [9.17, 15) is 9.18 Å². The molecule has 0 bridgehead atoms. The van der Waals surface area contributed by atoms with Crippen molar-refractivity contribution < 1.29 is 9.18 Å². The Morgan fingerprint density at radius 1 is 1.26 bits per heavy atom. The Morgan fingerprint density at radius 3 is 2.74 bits per heavy atom. The largest absolute Gasteiger partial charge is 0.369 e. The van der Waals surface area contributed by atoms with Gasteiger partial charge < -0.3 is 10.2 Å². The molecule has 144 valence electrons. The summed E-state index contributed by atoms with van der Waals surface area (Å²) >= 11 is 1.63. The number of fused-ring (bicyclic) bond motifs is 1. The third-order valence-corrected chi connectivity index (χ3v) is 6.40. The normalized spacial score (nSPS) is 20.4. The number of hydrogen-bond donors (Lipinski definition) is 1. The number of amides is 1. The van der Waals surface area contributed by atoms with Crippen LogP contribution in [0.25, 0.3) is 0 Å². The Morgan fingerprint density at radius 2 is 2.00 bits per heavy atom. The van der Waals surface area contributed by atoms with E-state index in [1.165, 1.54) is 29.1 Å². The summed E-state index contributed by atoms with van der Waals surface area (Å²) in [6.45, 7) is 5.96. The molecule has 1 fully saturated rings. The van der Waals surface area contributed by atoms with Crippen molar-refractivity contribution in [3.05, 3.63) is 40.7 Å². The lowest BCUT2D eigenvalue weighted by Gasteiger charge is -2.35. The van der Waals surface area contributed by atoms with Gasteiger partial charge in [0.05, 0.1) is 12.2 Å². The molecule has 1 aliphatic heterocycles. The third-order valence-electron chi connectivity index (χ3n) is 5.36. The van der Waals surface area contributed by atoms with Crippen LogP contribution in [0.2, 0.25) is 0 Å². The van der Waals surface area contributed by atoms with E-state index in [-0.39, 0.29) is 11.7 Å². The summed E-state index contributed by atoms with van der Waals surface area (Å²) in [6.07, 6.45) is 3.28. The molecule has 2 aromatic rings. The Balaban J connectivity index is 1.27. The summed E-state index contributed by atoms with van der Waals surface area (Å²) in [5, 5.41) is 3.72. The summed E-state index contributed by atoms with van der Waals surface area (Å²) < 4.78 is 13.1. The van der Waals surface area contributed by atoms with E-state index in [1.807, 2.05) is 12.1 Å². The van der Waals surface area contributed by atoms with Crippen molar-refractivity contribution in [2.24, 2.45) is 5.92 Å².